The van der Waals surface area contributed by atoms with E-state index in [1.165, 1.54) is 4.40 Å². The number of nitriles is 1. The summed E-state index contributed by atoms with van der Waals surface area (Å²) in [6.45, 7) is 1.92. The van der Waals surface area contributed by atoms with Crippen molar-refractivity contribution in [3.05, 3.63) is 58.1 Å². The van der Waals surface area contributed by atoms with Gasteiger partial charge in [-0.1, -0.05) is 0 Å². The van der Waals surface area contributed by atoms with Crippen molar-refractivity contribution < 1.29 is 0 Å². The molecule has 18 heavy (non-hydrogen) atoms. The zero-order valence-electron chi connectivity index (χ0n) is 9.71. The van der Waals surface area contributed by atoms with E-state index in [2.05, 4.69) is 11.1 Å². The van der Waals surface area contributed by atoms with Gasteiger partial charge in [0, 0.05) is 12.4 Å². The van der Waals surface area contributed by atoms with E-state index in [9.17, 15) is 10.1 Å². The molecule has 0 saturated carbocycles. The van der Waals surface area contributed by atoms with Gasteiger partial charge < -0.3 is 0 Å². The minimum absolute atomic E-state index is 0.146. The van der Waals surface area contributed by atoms with Crippen molar-refractivity contribution in [2.75, 3.05) is 0 Å². The minimum atomic E-state index is -0.146. The maximum atomic E-state index is 12.3. The SMILES string of the molecule is Cc1ccn2c(=O)c3cccnc3c(C#N)c2c1. The first-order chi connectivity index (χ1) is 8.72. The lowest BCUT2D eigenvalue weighted by Crippen LogP contribution is -2.15. The molecule has 0 aliphatic carbocycles. The molecule has 3 aromatic rings. The third kappa shape index (κ3) is 1.31. The van der Waals surface area contributed by atoms with Gasteiger partial charge in [-0.15, -0.1) is 0 Å². The van der Waals surface area contributed by atoms with Gasteiger partial charge in [0.15, 0.2) is 0 Å². The van der Waals surface area contributed by atoms with Gasteiger partial charge >= 0.3 is 0 Å². The van der Waals surface area contributed by atoms with Gasteiger partial charge in [0.1, 0.15) is 11.6 Å². The summed E-state index contributed by atoms with van der Waals surface area (Å²) in [5.41, 5.74) is 2.37. The zero-order chi connectivity index (χ0) is 12.7. The largest absolute Gasteiger partial charge is 0.282 e. The highest BCUT2D eigenvalue weighted by atomic mass is 16.1. The van der Waals surface area contributed by atoms with Crippen LogP contribution in [0.2, 0.25) is 0 Å². The molecule has 0 radical (unpaired) electrons. The van der Waals surface area contributed by atoms with Crippen molar-refractivity contribution in [2.45, 2.75) is 6.92 Å². The summed E-state index contributed by atoms with van der Waals surface area (Å²) in [6, 6.07) is 9.21. The van der Waals surface area contributed by atoms with Gasteiger partial charge in [0.05, 0.1) is 16.4 Å². The standard InChI is InChI=1S/C14H9N3O/c1-9-4-6-17-12(7-9)11(8-15)13-10(14(17)18)3-2-5-16-13/h2-7H,1H3. The summed E-state index contributed by atoms with van der Waals surface area (Å²) in [4.78, 5) is 16.4. The van der Waals surface area contributed by atoms with E-state index >= 15 is 0 Å². The Hall–Kier alpha value is -2.67. The van der Waals surface area contributed by atoms with Gasteiger partial charge in [-0.3, -0.25) is 14.2 Å². The molecular weight excluding hydrogens is 226 g/mol. The molecule has 0 bridgehead atoms. The number of rotatable bonds is 0. The summed E-state index contributed by atoms with van der Waals surface area (Å²) in [5.74, 6) is 0. The molecule has 3 heterocycles. The summed E-state index contributed by atoms with van der Waals surface area (Å²) in [7, 11) is 0. The number of hydrogen-bond acceptors (Lipinski definition) is 3. The van der Waals surface area contributed by atoms with Crippen LogP contribution in [0.4, 0.5) is 0 Å². The van der Waals surface area contributed by atoms with Crippen LogP contribution in [0, 0.1) is 18.3 Å². The monoisotopic (exact) mass is 235 g/mol. The van der Waals surface area contributed by atoms with E-state index < -0.39 is 0 Å². The lowest BCUT2D eigenvalue weighted by atomic mass is 10.1. The predicted octanol–water partition coefficient (Wildman–Crippen LogP) is 2.03. The minimum Gasteiger partial charge on any atom is -0.282 e. The van der Waals surface area contributed by atoms with Crippen molar-refractivity contribution in [1.82, 2.24) is 9.38 Å². The Balaban J connectivity index is 2.72. The first-order valence-electron chi connectivity index (χ1n) is 5.52. The van der Waals surface area contributed by atoms with Crippen LogP contribution in [0.1, 0.15) is 11.1 Å². The molecular formula is C14H9N3O. The smallest absolute Gasteiger partial charge is 0.264 e. The van der Waals surface area contributed by atoms with Crippen LogP contribution in [-0.4, -0.2) is 9.38 Å². The van der Waals surface area contributed by atoms with Gasteiger partial charge in [0.25, 0.3) is 5.56 Å². The Bertz CT molecular complexity index is 872. The van der Waals surface area contributed by atoms with Crippen LogP contribution < -0.4 is 5.56 Å². The van der Waals surface area contributed by atoms with Crippen LogP contribution in [0.3, 0.4) is 0 Å². The summed E-state index contributed by atoms with van der Waals surface area (Å²) < 4.78 is 1.50. The highest BCUT2D eigenvalue weighted by Crippen LogP contribution is 2.18. The normalized spacial score (nSPS) is 10.7. The van der Waals surface area contributed by atoms with Crippen LogP contribution in [-0.2, 0) is 0 Å². The average Bonchev–Trinajstić information content (AvgIpc) is 2.39. The quantitative estimate of drug-likeness (QED) is 0.560. The van der Waals surface area contributed by atoms with E-state index in [0.29, 0.717) is 22.0 Å². The van der Waals surface area contributed by atoms with Crippen molar-refractivity contribution in [1.29, 1.82) is 5.26 Å². The average molecular weight is 235 g/mol. The van der Waals surface area contributed by atoms with Crippen LogP contribution in [0.25, 0.3) is 16.4 Å². The molecule has 0 aliphatic rings. The number of aromatic nitrogens is 2. The molecule has 3 aromatic heterocycles. The van der Waals surface area contributed by atoms with Crippen molar-refractivity contribution in [3.8, 4) is 6.07 Å². The number of nitrogens with zero attached hydrogens (tertiary/aromatic N) is 3. The van der Waals surface area contributed by atoms with Crippen molar-refractivity contribution in [2.24, 2.45) is 0 Å². The molecule has 0 amide bonds. The Morgan fingerprint density at radius 1 is 1.39 bits per heavy atom. The van der Waals surface area contributed by atoms with E-state index in [1.807, 2.05) is 19.1 Å². The molecule has 0 N–H and O–H groups in total. The Labute approximate surface area is 103 Å². The second kappa shape index (κ2) is 3.67. The number of hydrogen-bond donors (Lipinski definition) is 0. The lowest BCUT2D eigenvalue weighted by Gasteiger charge is -2.06. The third-order valence-electron chi connectivity index (χ3n) is 2.97. The number of fused-ring (bicyclic) bond motifs is 2. The Morgan fingerprint density at radius 3 is 3.00 bits per heavy atom. The topological polar surface area (TPSA) is 58.2 Å². The molecule has 0 fully saturated rings. The number of aryl methyl sites for hydroxylation is 1. The van der Waals surface area contributed by atoms with Gasteiger partial charge in [-0.25, -0.2) is 0 Å². The lowest BCUT2D eigenvalue weighted by molar-refractivity contribution is 1.10. The van der Waals surface area contributed by atoms with E-state index in [-0.39, 0.29) is 5.56 Å². The highest BCUT2D eigenvalue weighted by molar-refractivity contribution is 5.89. The van der Waals surface area contributed by atoms with Gasteiger partial charge in [-0.2, -0.15) is 5.26 Å². The molecule has 4 heteroatoms. The fourth-order valence-electron chi connectivity index (χ4n) is 2.11. The fraction of sp³-hybridized carbons (Fsp3) is 0.0714. The predicted molar refractivity (Wildman–Crippen MR) is 68.4 cm³/mol. The zero-order valence-corrected chi connectivity index (χ0v) is 9.71. The summed E-state index contributed by atoms with van der Waals surface area (Å²) in [5, 5.41) is 9.78. The van der Waals surface area contributed by atoms with Crippen molar-refractivity contribution >= 4 is 16.4 Å². The fourth-order valence-corrected chi connectivity index (χ4v) is 2.11. The van der Waals surface area contributed by atoms with Crippen LogP contribution in [0.5, 0.6) is 0 Å². The van der Waals surface area contributed by atoms with Crippen LogP contribution >= 0.6 is 0 Å². The molecule has 3 rings (SSSR count). The third-order valence-corrected chi connectivity index (χ3v) is 2.97. The maximum Gasteiger partial charge on any atom is 0.264 e. The molecule has 0 saturated heterocycles. The second-order valence-electron chi connectivity index (χ2n) is 4.15. The van der Waals surface area contributed by atoms with E-state index in [4.69, 9.17) is 0 Å². The van der Waals surface area contributed by atoms with E-state index in [1.54, 1.807) is 24.5 Å². The summed E-state index contributed by atoms with van der Waals surface area (Å²) in [6.07, 6.45) is 3.29. The number of pyridine rings is 3. The Kier molecular flexibility index (Phi) is 2.14. The molecule has 0 aliphatic heterocycles. The van der Waals surface area contributed by atoms with Crippen molar-refractivity contribution in [3.63, 3.8) is 0 Å². The first kappa shape index (κ1) is 10.5. The molecule has 0 unspecified atom stereocenters. The molecule has 4 nitrogen and oxygen atoms in total. The van der Waals surface area contributed by atoms with E-state index in [0.717, 1.165) is 5.56 Å². The second-order valence-corrected chi connectivity index (χ2v) is 4.15. The van der Waals surface area contributed by atoms with Gasteiger partial charge in [-0.05, 0) is 36.8 Å². The molecule has 0 spiro atoms. The maximum absolute atomic E-state index is 12.3. The molecule has 0 atom stereocenters. The van der Waals surface area contributed by atoms with Gasteiger partial charge in [0.2, 0.25) is 0 Å². The van der Waals surface area contributed by atoms with Crippen LogP contribution in [0.15, 0.2) is 41.5 Å². The first-order valence-corrected chi connectivity index (χ1v) is 5.52. The Morgan fingerprint density at radius 2 is 2.22 bits per heavy atom. The highest BCUT2D eigenvalue weighted by Gasteiger charge is 2.11. The molecule has 0 aromatic carbocycles. The molecule has 86 valence electrons. The summed E-state index contributed by atoms with van der Waals surface area (Å²) >= 11 is 0.